The number of hydrogen-bond acceptors (Lipinski definition) is 5. The molecule has 1 saturated heterocycles. The molecule has 6 heteroatoms. The van der Waals surface area contributed by atoms with Crippen LogP contribution in [0.4, 0.5) is 0 Å². The molecule has 0 aliphatic carbocycles. The van der Waals surface area contributed by atoms with Crippen LogP contribution < -0.4 is 10.1 Å². The minimum Gasteiger partial charge on any atom is -0.493 e. The third kappa shape index (κ3) is 7.52. The zero-order valence-corrected chi connectivity index (χ0v) is 21.0. The summed E-state index contributed by atoms with van der Waals surface area (Å²) in [5.74, 6) is 1.07. The lowest BCUT2D eigenvalue weighted by Crippen LogP contribution is -2.47. The molecule has 1 heterocycles. The van der Waals surface area contributed by atoms with E-state index in [2.05, 4.69) is 47.7 Å². The van der Waals surface area contributed by atoms with Crippen LogP contribution in [0.5, 0.6) is 5.75 Å². The second-order valence-electron chi connectivity index (χ2n) is 9.51. The van der Waals surface area contributed by atoms with Crippen LogP contribution in [0.15, 0.2) is 47.4 Å². The van der Waals surface area contributed by atoms with Gasteiger partial charge in [0.05, 0.1) is 18.2 Å². The Bertz CT molecular complexity index is 974. The van der Waals surface area contributed by atoms with Gasteiger partial charge in [-0.15, -0.1) is 0 Å². The molecule has 0 unspecified atom stereocenters. The topological polar surface area (TPSA) is 65.4 Å². The number of carbonyl (C=O) groups excluding carboxylic acids is 1. The highest BCUT2D eigenvalue weighted by Gasteiger charge is 2.30. The summed E-state index contributed by atoms with van der Waals surface area (Å²) in [6.07, 6.45) is 3.52. The number of nitrogens with zero attached hydrogens (tertiary/aromatic N) is 2. The average Bonchev–Trinajstić information content (AvgIpc) is 2.80. The van der Waals surface area contributed by atoms with Gasteiger partial charge in [-0.25, -0.2) is 4.31 Å². The summed E-state index contributed by atoms with van der Waals surface area (Å²) in [6.45, 7) is 10.6. The molecule has 0 atom stereocenters. The number of hydrogen-bond donors (Lipinski definition) is 1. The predicted octanol–water partition coefficient (Wildman–Crippen LogP) is 5.65. The fourth-order valence-electron chi connectivity index (χ4n) is 3.88. The number of rotatable bonds is 9. The molecule has 0 spiro atoms. The number of benzene rings is 2. The Kier molecular flexibility index (Phi) is 8.82. The van der Waals surface area contributed by atoms with Gasteiger partial charge in [0.1, 0.15) is 5.75 Å². The Morgan fingerprint density at radius 1 is 1.18 bits per heavy atom. The molecule has 1 aliphatic rings. The van der Waals surface area contributed by atoms with E-state index in [0.29, 0.717) is 12.2 Å². The van der Waals surface area contributed by atoms with E-state index >= 15 is 0 Å². The maximum Gasteiger partial charge on any atom is 0.225 e. The largest absolute Gasteiger partial charge is 0.493 e. The number of amides is 1. The number of carbonyl (C=O) groups is 1. The van der Waals surface area contributed by atoms with Crippen LogP contribution in [0.1, 0.15) is 56.2 Å². The lowest BCUT2D eigenvalue weighted by atomic mass is 9.86. The van der Waals surface area contributed by atoms with Crippen LogP contribution in [-0.2, 0) is 4.79 Å². The van der Waals surface area contributed by atoms with Gasteiger partial charge in [0, 0.05) is 29.4 Å². The summed E-state index contributed by atoms with van der Waals surface area (Å²) in [7, 11) is 0. The molecule has 1 amide bonds. The van der Waals surface area contributed by atoms with Gasteiger partial charge in [-0.05, 0) is 92.9 Å². The predicted molar refractivity (Wildman–Crippen MR) is 134 cm³/mol. The Morgan fingerprint density at radius 3 is 2.55 bits per heavy atom. The number of nitriles is 1. The molecule has 5 nitrogen and oxygen atoms in total. The summed E-state index contributed by atoms with van der Waals surface area (Å²) >= 11 is 1.72. The van der Waals surface area contributed by atoms with Crippen molar-refractivity contribution in [1.82, 2.24) is 9.62 Å². The van der Waals surface area contributed by atoms with Crippen LogP contribution >= 0.6 is 11.9 Å². The molecule has 176 valence electrons. The van der Waals surface area contributed by atoms with Crippen molar-refractivity contribution in [3.05, 3.63) is 59.2 Å². The third-order valence-electron chi connectivity index (χ3n) is 6.17. The van der Waals surface area contributed by atoms with Gasteiger partial charge in [0.15, 0.2) is 0 Å². The zero-order chi connectivity index (χ0) is 23.8. The summed E-state index contributed by atoms with van der Waals surface area (Å²) in [6, 6.07) is 16.3. The average molecular weight is 466 g/mol. The van der Waals surface area contributed by atoms with Crippen LogP contribution in [0.25, 0.3) is 0 Å². The molecule has 3 rings (SSSR count). The normalized spacial score (nSPS) is 15.1. The first-order valence-electron chi connectivity index (χ1n) is 11.7. The molecule has 1 fully saturated rings. The van der Waals surface area contributed by atoms with Crippen molar-refractivity contribution < 1.29 is 9.53 Å². The minimum atomic E-state index is -0.417. The highest BCUT2D eigenvalue weighted by Crippen LogP contribution is 2.28. The summed E-state index contributed by atoms with van der Waals surface area (Å²) in [5, 5.41) is 12.2. The van der Waals surface area contributed by atoms with Crippen molar-refractivity contribution in [3.8, 4) is 11.8 Å². The van der Waals surface area contributed by atoms with Gasteiger partial charge in [0.2, 0.25) is 5.91 Å². The van der Waals surface area contributed by atoms with E-state index in [9.17, 15) is 4.79 Å². The molecule has 1 N–H and O–H groups in total. The SMILES string of the molecule is Cc1ccc(C)c(OCCCC(C)(C)C(=O)NC2CCN(Sc3ccc(C#N)cc3)CC2)c1. The minimum absolute atomic E-state index is 0.132. The van der Waals surface area contributed by atoms with E-state index < -0.39 is 5.41 Å². The fraction of sp³-hybridized carbons (Fsp3) is 0.481. The van der Waals surface area contributed by atoms with E-state index in [1.807, 2.05) is 38.1 Å². The molecule has 33 heavy (non-hydrogen) atoms. The first-order chi connectivity index (χ1) is 15.8. The number of piperidine rings is 1. The molecule has 0 aromatic heterocycles. The lowest BCUT2D eigenvalue weighted by molar-refractivity contribution is -0.130. The Labute approximate surface area is 202 Å². The Balaban J connectivity index is 1.38. The monoisotopic (exact) mass is 465 g/mol. The first kappa shape index (κ1) is 25.1. The van der Waals surface area contributed by atoms with Crippen LogP contribution in [0, 0.1) is 30.6 Å². The van der Waals surface area contributed by atoms with Crippen LogP contribution in [0.2, 0.25) is 0 Å². The van der Waals surface area contributed by atoms with Gasteiger partial charge in [-0.3, -0.25) is 4.79 Å². The van der Waals surface area contributed by atoms with Crippen LogP contribution in [-0.4, -0.2) is 36.0 Å². The Morgan fingerprint density at radius 2 is 1.88 bits per heavy atom. The van der Waals surface area contributed by atoms with E-state index in [1.165, 1.54) is 5.56 Å². The summed E-state index contributed by atoms with van der Waals surface area (Å²) in [5.41, 5.74) is 2.59. The van der Waals surface area contributed by atoms with Crippen molar-refractivity contribution in [2.45, 2.75) is 64.3 Å². The molecule has 0 bridgehead atoms. The fourth-order valence-corrected chi connectivity index (χ4v) is 4.83. The van der Waals surface area contributed by atoms with Gasteiger partial charge in [-0.1, -0.05) is 26.0 Å². The van der Waals surface area contributed by atoms with Crippen molar-refractivity contribution in [2.75, 3.05) is 19.7 Å². The molecule has 1 aliphatic heterocycles. The summed E-state index contributed by atoms with van der Waals surface area (Å²) in [4.78, 5) is 14.1. The molecule has 0 saturated carbocycles. The highest BCUT2D eigenvalue weighted by atomic mass is 32.2. The van der Waals surface area contributed by atoms with Crippen LogP contribution in [0.3, 0.4) is 0 Å². The maximum absolute atomic E-state index is 12.9. The maximum atomic E-state index is 12.9. The van der Waals surface area contributed by atoms with E-state index in [4.69, 9.17) is 10.00 Å². The smallest absolute Gasteiger partial charge is 0.225 e. The molecule has 2 aromatic carbocycles. The molecule has 0 radical (unpaired) electrons. The second kappa shape index (κ2) is 11.6. The lowest BCUT2D eigenvalue weighted by Gasteiger charge is -2.33. The quantitative estimate of drug-likeness (QED) is 0.383. The van der Waals surface area contributed by atoms with Crippen molar-refractivity contribution >= 4 is 17.9 Å². The van der Waals surface area contributed by atoms with Gasteiger partial charge >= 0.3 is 0 Å². The van der Waals surface area contributed by atoms with E-state index in [0.717, 1.165) is 55.0 Å². The number of aryl methyl sites for hydroxylation is 2. The second-order valence-corrected chi connectivity index (χ2v) is 10.7. The molecule has 2 aromatic rings. The number of ether oxygens (including phenoxy) is 1. The highest BCUT2D eigenvalue weighted by molar-refractivity contribution is 7.97. The van der Waals surface area contributed by atoms with E-state index in [-0.39, 0.29) is 11.9 Å². The number of nitrogens with one attached hydrogen (secondary N) is 1. The van der Waals surface area contributed by atoms with Crippen molar-refractivity contribution in [2.24, 2.45) is 5.41 Å². The zero-order valence-electron chi connectivity index (χ0n) is 20.2. The van der Waals surface area contributed by atoms with E-state index in [1.54, 1.807) is 11.9 Å². The Hall–Kier alpha value is -2.49. The van der Waals surface area contributed by atoms with Gasteiger partial charge in [-0.2, -0.15) is 5.26 Å². The summed E-state index contributed by atoms with van der Waals surface area (Å²) < 4.78 is 8.29. The molecular formula is C27H35N3O2S. The first-order valence-corrected chi connectivity index (χ1v) is 12.5. The van der Waals surface area contributed by atoms with Crippen molar-refractivity contribution in [1.29, 1.82) is 5.26 Å². The van der Waals surface area contributed by atoms with Gasteiger partial charge < -0.3 is 10.1 Å². The van der Waals surface area contributed by atoms with Crippen molar-refractivity contribution in [3.63, 3.8) is 0 Å². The van der Waals surface area contributed by atoms with Gasteiger partial charge in [0.25, 0.3) is 0 Å². The molecular weight excluding hydrogens is 430 g/mol. The third-order valence-corrected chi connectivity index (χ3v) is 7.28. The standard InChI is InChI=1S/C27H35N3O2S/c1-20-6-7-21(2)25(18-20)32-17-5-14-27(3,4)26(31)29-23-12-15-30(16-13-23)33-24-10-8-22(19-28)9-11-24/h6-11,18,23H,5,12-17H2,1-4H3,(H,29,31).